The van der Waals surface area contributed by atoms with Crippen LogP contribution in [0.4, 0.5) is 10.1 Å². The number of methoxy groups -OCH3 is 1. The van der Waals surface area contributed by atoms with Gasteiger partial charge in [0.25, 0.3) is 0 Å². The Kier molecular flexibility index (Phi) is 4.45. The summed E-state index contributed by atoms with van der Waals surface area (Å²) in [6, 6.07) is 4.94. The average Bonchev–Trinajstić information content (AvgIpc) is 2.39. The maximum atomic E-state index is 13.3. The largest absolute Gasteiger partial charge is 0.494 e. The van der Waals surface area contributed by atoms with E-state index in [2.05, 4.69) is 12.2 Å². The van der Waals surface area contributed by atoms with E-state index >= 15 is 0 Å². The van der Waals surface area contributed by atoms with Crippen LogP contribution in [0.2, 0.25) is 0 Å². The summed E-state index contributed by atoms with van der Waals surface area (Å²) in [4.78, 5) is 0. The molecule has 1 aromatic carbocycles. The molecule has 100 valence electrons. The predicted molar refractivity (Wildman–Crippen MR) is 72.6 cm³/mol. The summed E-state index contributed by atoms with van der Waals surface area (Å²) in [7, 11) is 1.49. The SMILES string of the molecule is COc1cc(NCC2CCC(C)CC2)ccc1F. The number of benzene rings is 1. The van der Waals surface area contributed by atoms with Crippen molar-refractivity contribution in [3.63, 3.8) is 0 Å². The van der Waals surface area contributed by atoms with Crippen LogP contribution in [-0.4, -0.2) is 13.7 Å². The highest BCUT2D eigenvalue weighted by molar-refractivity contribution is 5.48. The number of hydrogen-bond donors (Lipinski definition) is 1. The lowest BCUT2D eigenvalue weighted by Gasteiger charge is -2.26. The van der Waals surface area contributed by atoms with Crippen LogP contribution in [0, 0.1) is 17.7 Å². The van der Waals surface area contributed by atoms with Crippen molar-refractivity contribution in [3.05, 3.63) is 24.0 Å². The van der Waals surface area contributed by atoms with Crippen molar-refractivity contribution >= 4 is 5.69 Å². The van der Waals surface area contributed by atoms with Crippen LogP contribution >= 0.6 is 0 Å². The summed E-state index contributed by atoms with van der Waals surface area (Å²) in [6.45, 7) is 3.30. The molecule has 3 heteroatoms. The smallest absolute Gasteiger partial charge is 0.165 e. The van der Waals surface area contributed by atoms with Gasteiger partial charge in [0.15, 0.2) is 11.6 Å². The summed E-state index contributed by atoms with van der Waals surface area (Å²) in [5.74, 6) is 1.62. The van der Waals surface area contributed by atoms with E-state index in [1.54, 1.807) is 12.1 Å². The molecule has 0 heterocycles. The first-order valence-electron chi connectivity index (χ1n) is 6.76. The van der Waals surface area contributed by atoms with Crippen molar-refractivity contribution in [1.82, 2.24) is 0 Å². The van der Waals surface area contributed by atoms with Crippen LogP contribution < -0.4 is 10.1 Å². The molecule has 0 saturated heterocycles. The normalized spacial score (nSPS) is 23.7. The maximum absolute atomic E-state index is 13.3. The molecule has 0 radical (unpaired) electrons. The molecule has 18 heavy (non-hydrogen) atoms. The minimum absolute atomic E-state index is 0.303. The predicted octanol–water partition coefficient (Wildman–Crippen LogP) is 4.07. The number of rotatable bonds is 4. The zero-order valence-electron chi connectivity index (χ0n) is 11.2. The zero-order valence-corrected chi connectivity index (χ0v) is 11.2. The van der Waals surface area contributed by atoms with Crippen molar-refractivity contribution in [2.45, 2.75) is 32.6 Å². The van der Waals surface area contributed by atoms with Crippen LogP contribution in [0.5, 0.6) is 5.75 Å². The van der Waals surface area contributed by atoms with E-state index in [-0.39, 0.29) is 5.82 Å². The van der Waals surface area contributed by atoms with Gasteiger partial charge in [0.1, 0.15) is 0 Å². The third-order valence-corrected chi connectivity index (χ3v) is 3.88. The van der Waals surface area contributed by atoms with Gasteiger partial charge < -0.3 is 10.1 Å². The highest BCUT2D eigenvalue weighted by Crippen LogP contribution is 2.29. The molecule has 0 aliphatic heterocycles. The second-order valence-electron chi connectivity index (χ2n) is 5.36. The number of hydrogen-bond acceptors (Lipinski definition) is 2. The molecule has 1 aromatic rings. The molecule has 1 N–H and O–H groups in total. The van der Waals surface area contributed by atoms with Gasteiger partial charge in [-0.1, -0.05) is 19.8 Å². The fourth-order valence-electron chi connectivity index (χ4n) is 2.57. The summed E-state index contributed by atoms with van der Waals surface area (Å²) < 4.78 is 18.2. The topological polar surface area (TPSA) is 21.3 Å². The second kappa shape index (κ2) is 6.07. The molecule has 0 spiro atoms. The Hall–Kier alpha value is -1.25. The van der Waals surface area contributed by atoms with Crippen LogP contribution in [0.25, 0.3) is 0 Å². The molecule has 1 aliphatic carbocycles. The van der Waals surface area contributed by atoms with Crippen LogP contribution in [0.1, 0.15) is 32.6 Å². The molecule has 0 bridgehead atoms. The van der Waals surface area contributed by atoms with Crippen molar-refractivity contribution < 1.29 is 9.13 Å². The van der Waals surface area contributed by atoms with Gasteiger partial charge in [-0.15, -0.1) is 0 Å². The molecule has 0 aromatic heterocycles. The van der Waals surface area contributed by atoms with E-state index in [4.69, 9.17) is 4.74 Å². The average molecular weight is 251 g/mol. The Balaban J connectivity index is 1.86. The lowest BCUT2D eigenvalue weighted by Crippen LogP contribution is -2.20. The molecular weight excluding hydrogens is 229 g/mol. The fraction of sp³-hybridized carbons (Fsp3) is 0.600. The van der Waals surface area contributed by atoms with E-state index in [9.17, 15) is 4.39 Å². The number of halogens is 1. The van der Waals surface area contributed by atoms with E-state index in [0.29, 0.717) is 5.75 Å². The van der Waals surface area contributed by atoms with Gasteiger partial charge in [-0.25, -0.2) is 4.39 Å². The minimum Gasteiger partial charge on any atom is -0.494 e. The molecule has 1 saturated carbocycles. The first-order valence-corrected chi connectivity index (χ1v) is 6.76. The van der Waals surface area contributed by atoms with Gasteiger partial charge in [-0.05, 0) is 36.8 Å². The van der Waals surface area contributed by atoms with Gasteiger partial charge in [0.2, 0.25) is 0 Å². The second-order valence-corrected chi connectivity index (χ2v) is 5.36. The molecular formula is C15H22FNO. The van der Waals surface area contributed by atoms with E-state index in [0.717, 1.165) is 24.1 Å². The quantitative estimate of drug-likeness (QED) is 0.871. The molecule has 1 fully saturated rings. The number of ether oxygens (including phenoxy) is 1. The molecule has 2 rings (SSSR count). The Morgan fingerprint density at radius 2 is 2.00 bits per heavy atom. The zero-order chi connectivity index (χ0) is 13.0. The first kappa shape index (κ1) is 13.2. The number of anilines is 1. The Bertz CT molecular complexity index is 386. The van der Waals surface area contributed by atoms with Gasteiger partial charge in [-0.2, -0.15) is 0 Å². The summed E-state index contributed by atoms with van der Waals surface area (Å²) in [6.07, 6.45) is 5.26. The van der Waals surface area contributed by atoms with E-state index < -0.39 is 0 Å². The van der Waals surface area contributed by atoms with Crippen molar-refractivity contribution in [2.24, 2.45) is 11.8 Å². The first-order chi connectivity index (χ1) is 8.69. The van der Waals surface area contributed by atoms with E-state index in [1.165, 1.54) is 38.9 Å². The molecule has 1 aliphatic rings. The monoisotopic (exact) mass is 251 g/mol. The van der Waals surface area contributed by atoms with Gasteiger partial charge >= 0.3 is 0 Å². The van der Waals surface area contributed by atoms with E-state index in [1.807, 2.05) is 0 Å². The summed E-state index contributed by atoms with van der Waals surface area (Å²) >= 11 is 0. The van der Waals surface area contributed by atoms with Crippen LogP contribution in [-0.2, 0) is 0 Å². The highest BCUT2D eigenvalue weighted by atomic mass is 19.1. The lowest BCUT2D eigenvalue weighted by atomic mass is 9.83. The van der Waals surface area contributed by atoms with Crippen LogP contribution in [0.15, 0.2) is 18.2 Å². The standard InChI is InChI=1S/C15H22FNO/c1-11-3-5-12(6-4-11)10-17-13-7-8-14(16)15(9-13)18-2/h7-9,11-12,17H,3-6,10H2,1-2H3. The van der Waals surface area contributed by atoms with Gasteiger partial charge in [0.05, 0.1) is 7.11 Å². The Morgan fingerprint density at radius 3 is 2.67 bits per heavy atom. The highest BCUT2D eigenvalue weighted by Gasteiger charge is 2.17. The van der Waals surface area contributed by atoms with Crippen molar-refractivity contribution in [3.8, 4) is 5.75 Å². The fourth-order valence-corrected chi connectivity index (χ4v) is 2.57. The van der Waals surface area contributed by atoms with Gasteiger partial charge in [-0.3, -0.25) is 0 Å². The van der Waals surface area contributed by atoms with Crippen LogP contribution in [0.3, 0.4) is 0 Å². The summed E-state index contributed by atoms with van der Waals surface area (Å²) in [5, 5.41) is 3.38. The third-order valence-electron chi connectivity index (χ3n) is 3.88. The van der Waals surface area contributed by atoms with Crippen molar-refractivity contribution in [1.29, 1.82) is 0 Å². The molecule has 0 amide bonds. The lowest BCUT2D eigenvalue weighted by molar-refractivity contribution is 0.300. The Labute approximate surface area is 109 Å². The summed E-state index contributed by atoms with van der Waals surface area (Å²) in [5.41, 5.74) is 0.937. The minimum atomic E-state index is -0.311. The van der Waals surface area contributed by atoms with Gasteiger partial charge in [0, 0.05) is 18.3 Å². The molecule has 0 atom stereocenters. The third kappa shape index (κ3) is 3.37. The Morgan fingerprint density at radius 1 is 1.28 bits per heavy atom. The molecule has 2 nitrogen and oxygen atoms in total. The van der Waals surface area contributed by atoms with Crippen molar-refractivity contribution in [2.75, 3.05) is 19.0 Å². The molecule has 0 unspecified atom stereocenters. The maximum Gasteiger partial charge on any atom is 0.165 e. The number of nitrogens with one attached hydrogen (secondary N) is 1.